The van der Waals surface area contributed by atoms with Crippen molar-refractivity contribution in [3.63, 3.8) is 0 Å². The summed E-state index contributed by atoms with van der Waals surface area (Å²) in [6, 6.07) is 1.71. The lowest BCUT2D eigenvalue weighted by Gasteiger charge is -2.17. The molecule has 13 heteroatoms. The van der Waals surface area contributed by atoms with Crippen LogP contribution in [0.25, 0.3) is 0 Å². The van der Waals surface area contributed by atoms with Gasteiger partial charge in [-0.3, -0.25) is 14.5 Å². The van der Waals surface area contributed by atoms with Crippen molar-refractivity contribution in [1.82, 2.24) is 4.90 Å². The number of rotatable bonds is 6. The van der Waals surface area contributed by atoms with Crippen molar-refractivity contribution >= 4 is 33.4 Å². The maximum Gasteiger partial charge on any atom is 0.416 e. The van der Waals surface area contributed by atoms with Crippen LogP contribution in [0.3, 0.4) is 0 Å². The number of ether oxygens (including phenoxy) is 1. The molecule has 32 heavy (non-hydrogen) atoms. The van der Waals surface area contributed by atoms with Gasteiger partial charge in [-0.05, 0) is 34.1 Å². The molecule has 6 nitrogen and oxygen atoms in total. The standard InChI is InChI=1S/C19H11BrF6N2O4/c20-9-5-13(27-14-7-16(30)28(1-2-29)18(14)31)15(6-10(9)21)32-17-11(22)3-8(4-12(17)23)19(24,25)26/h3-7,27,29H,1-2H2. The smallest absolute Gasteiger partial charge is 0.416 e. The van der Waals surface area contributed by atoms with Crippen LogP contribution >= 0.6 is 15.9 Å². The number of benzene rings is 2. The topological polar surface area (TPSA) is 78.9 Å². The van der Waals surface area contributed by atoms with E-state index in [0.29, 0.717) is 11.0 Å². The second-order valence-electron chi connectivity index (χ2n) is 6.33. The molecule has 170 valence electrons. The Kier molecular flexibility index (Phi) is 6.51. The van der Waals surface area contributed by atoms with E-state index in [4.69, 9.17) is 9.84 Å². The molecular weight excluding hydrogens is 514 g/mol. The van der Waals surface area contributed by atoms with Crippen molar-refractivity contribution in [3.8, 4) is 11.5 Å². The van der Waals surface area contributed by atoms with Gasteiger partial charge in [-0.15, -0.1) is 0 Å². The number of anilines is 1. The van der Waals surface area contributed by atoms with E-state index in [0.717, 1.165) is 12.1 Å². The summed E-state index contributed by atoms with van der Waals surface area (Å²) < 4.78 is 85.4. The van der Waals surface area contributed by atoms with Crippen molar-refractivity contribution in [1.29, 1.82) is 0 Å². The highest BCUT2D eigenvalue weighted by atomic mass is 79.9. The Morgan fingerprint density at radius 2 is 1.66 bits per heavy atom. The number of aliphatic hydroxyl groups excluding tert-OH is 1. The van der Waals surface area contributed by atoms with Gasteiger partial charge >= 0.3 is 6.18 Å². The first-order valence-electron chi connectivity index (χ1n) is 8.61. The maximum absolute atomic E-state index is 14.2. The van der Waals surface area contributed by atoms with Gasteiger partial charge in [0.05, 0.1) is 28.9 Å². The van der Waals surface area contributed by atoms with E-state index >= 15 is 0 Å². The Bertz CT molecular complexity index is 1110. The molecule has 0 saturated carbocycles. The molecule has 1 heterocycles. The molecule has 0 aliphatic carbocycles. The van der Waals surface area contributed by atoms with E-state index in [1.165, 1.54) is 0 Å². The van der Waals surface area contributed by atoms with Gasteiger partial charge in [0, 0.05) is 12.1 Å². The first-order valence-corrected chi connectivity index (χ1v) is 9.40. The quantitative estimate of drug-likeness (QED) is 0.434. The number of imide groups is 1. The zero-order valence-electron chi connectivity index (χ0n) is 15.6. The number of hydrogen-bond donors (Lipinski definition) is 2. The van der Waals surface area contributed by atoms with E-state index < -0.39 is 59.1 Å². The molecule has 0 unspecified atom stereocenters. The summed E-state index contributed by atoms with van der Waals surface area (Å²) in [7, 11) is 0. The van der Waals surface area contributed by atoms with E-state index in [2.05, 4.69) is 21.2 Å². The number of carbonyl (C=O) groups is 2. The largest absolute Gasteiger partial charge is 0.449 e. The Morgan fingerprint density at radius 3 is 2.22 bits per heavy atom. The van der Waals surface area contributed by atoms with Crippen molar-refractivity contribution in [2.75, 3.05) is 18.5 Å². The van der Waals surface area contributed by atoms with Crippen LogP contribution in [0.1, 0.15) is 5.56 Å². The monoisotopic (exact) mass is 524 g/mol. The number of amides is 2. The van der Waals surface area contributed by atoms with Crippen molar-refractivity contribution in [2.24, 2.45) is 0 Å². The number of alkyl halides is 3. The van der Waals surface area contributed by atoms with Gasteiger partial charge < -0.3 is 15.2 Å². The summed E-state index contributed by atoms with van der Waals surface area (Å²) in [5.41, 5.74) is -2.15. The minimum absolute atomic E-state index is 0.00911. The first-order chi connectivity index (χ1) is 14.9. The molecule has 0 bridgehead atoms. The molecule has 2 aromatic carbocycles. The summed E-state index contributed by atoms with van der Waals surface area (Å²) in [4.78, 5) is 24.8. The van der Waals surface area contributed by atoms with E-state index in [1.807, 2.05) is 0 Å². The predicted octanol–water partition coefficient (Wildman–Crippen LogP) is 4.33. The highest BCUT2D eigenvalue weighted by Gasteiger charge is 2.34. The van der Waals surface area contributed by atoms with Crippen LogP contribution in [0, 0.1) is 17.5 Å². The Hall–Kier alpha value is -3.06. The molecule has 3 rings (SSSR count). The second kappa shape index (κ2) is 8.82. The van der Waals surface area contributed by atoms with Gasteiger partial charge in [-0.1, -0.05) is 0 Å². The molecule has 1 aliphatic heterocycles. The molecule has 2 aromatic rings. The van der Waals surface area contributed by atoms with Crippen LogP contribution in [-0.2, 0) is 15.8 Å². The summed E-state index contributed by atoms with van der Waals surface area (Å²) >= 11 is 2.88. The fourth-order valence-corrected chi connectivity index (χ4v) is 3.04. The summed E-state index contributed by atoms with van der Waals surface area (Å²) in [6.07, 6.45) is -4.14. The summed E-state index contributed by atoms with van der Waals surface area (Å²) in [5, 5.41) is 11.4. The van der Waals surface area contributed by atoms with Gasteiger partial charge in [-0.2, -0.15) is 13.2 Å². The zero-order chi connectivity index (χ0) is 23.8. The average Bonchev–Trinajstić information content (AvgIpc) is 2.95. The maximum atomic E-state index is 14.2. The second-order valence-corrected chi connectivity index (χ2v) is 7.19. The fraction of sp³-hybridized carbons (Fsp3) is 0.158. The minimum Gasteiger partial charge on any atom is -0.449 e. The molecule has 1 aliphatic rings. The lowest BCUT2D eigenvalue weighted by Crippen LogP contribution is -2.34. The van der Waals surface area contributed by atoms with Gasteiger partial charge in [0.2, 0.25) is 0 Å². The summed E-state index contributed by atoms with van der Waals surface area (Å²) in [5.74, 6) is -7.79. The third kappa shape index (κ3) is 4.72. The molecule has 2 amide bonds. The predicted molar refractivity (Wildman–Crippen MR) is 101 cm³/mol. The lowest BCUT2D eigenvalue weighted by molar-refractivity contribution is -0.138. The number of hydrogen-bond acceptors (Lipinski definition) is 5. The third-order valence-corrected chi connectivity index (χ3v) is 4.77. The van der Waals surface area contributed by atoms with Crippen LogP contribution in [0.2, 0.25) is 0 Å². The van der Waals surface area contributed by atoms with Crippen LogP contribution in [-0.4, -0.2) is 35.0 Å². The normalized spacial score (nSPS) is 14.1. The SMILES string of the molecule is O=C1C=C(Nc2cc(Br)c(F)cc2Oc2c(F)cc(C(F)(F)F)cc2F)C(=O)N1CCO. The van der Waals surface area contributed by atoms with Gasteiger partial charge in [0.1, 0.15) is 11.5 Å². The minimum atomic E-state index is -5.01. The fourth-order valence-electron chi connectivity index (χ4n) is 2.70. The number of aliphatic hydroxyl groups is 1. The Morgan fingerprint density at radius 1 is 1.03 bits per heavy atom. The number of halogens is 7. The molecule has 0 spiro atoms. The van der Waals surface area contributed by atoms with E-state index in [1.54, 1.807) is 0 Å². The van der Waals surface area contributed by atoms with E-state index in [-0.39, 0.29) is 34.5 Å². The average molecular weight is 525 g/mol. The highest BCUT2D eigenvalue weighted by Crippen LogP contribution is 2.39. The Balaban J connectivity index is 1.98. The number of nitrogens with one attached hydrogen (secondary N) is 1. The van der Waals surface area contributed by atoms with Gasteiger partial charge in [0.15, 0.2) is 23.1 Å². The highest BCUT2D eigenvalue weighted by molar-refractivity contribution is 9.10. The van der Waals surface area contributed by atoms with Crippen molar-refractivity contribution in [2.45, 2.75) is 6.18 Å². The van der Waals surface area contributed by atoms with Gasteiger partial charge in [0.25, 0.3) is 11.8 Å². The van der Waals surface area contributed by atoms with Crippen LogP contribution in [0.4, 0.5) is 32.0 Å². The lowest BCUT2D eigenvalue weighted by atomic mass is 10.2. The summed E-state index contributed by atoms with van der Waals surface area (Å²) in [6.45, 7) is -0.792. The molecule has 0 radical (unpaired) electrons. The van der Waals surface area contributed by atoms with Gasteiger partial charge in [-0.25, -0.2) is 13.2 Å². The number of β-amino-alcohol motifs (C(OH)–C–C–N with tert-alkyl or cyclic N) is 1. The number of carbonyl (C=O) groups excluding carboxylic acids is 2. The zero-order valence-corrected chi connectivity index (χ0v) is 17.2. The van der Waals surface area contributed by atoms with Crippen molar-refractivity contribution < 1.29 is 45.8 Å². The molecule has 0 saturated heterocycles. The van der Waals surface area contributed by atoms with Crippen LogP contribution < -0.4 is 10.1 Å². The third-order valence-electron chi connectivity index (χ3n) is 4.16. The van der Waals surface area contributed by atoms with Crippen LogP contribution in [0.15, 0.2) is 40.5 Å². The number of nitrogens with zero attached hydrogens (tertiary/aromatic N) is 1. The molecule has 0 atom stereocenters. The first kappa shape index (κ1) is 23.6. The molecule has 0 aromatic heterocycles. The van der Waals surface area contributed by atoms with Crippen LogP contribution in [0.5, 0.6) is 11.5 Å². The molecule has 0 fully saturated rings. The van der Waals surface area contributed by atoms with Crippen molar-refractivity contribution in [3.05, 3.63) is 63.5 Å². The molecular formula is C19H11BrF6N2O4. The van der Waals surface area contributed by atoms with E-state index in [9.17, 15) is 35.9 Å². The Labute approximate surface area is 184 Å². The molecule has 2 N–H and O–H groups in total.